The minimum atomic E-state index is -4.80. The molecule has 0 unspecified atom stereocenters. The van der Waals surface area contributed by atoms with Gasteiger partial charge in [0.15, 0.2) is 0 Å². The highest BCUT2D eigenvalue weighted by Crippen LogP contribution is 2.34. The van der Waals surface area contributed by atoms with Crippen molar-refractivity contribution in [3.63, 3.8) is 0 Å². The standard InChI is InChI=1S/C24H30F3N5O3.C20H24F3N5O3.C4H8Br2/c25-24(26,27)35-22-6-2-1-5-18(22)15-29-23-13-20(21(16-30-23)32(33)34)28-14-17-7-9-19(10-8-17)31-11-3-4-12-31;21-20(22,23)31-18-4-2-1-3-14(18)11-26-19-9-16(17(12-27-19)28(29)30)25-10-13-5-7-15(24)8-6-13;5-3-1-2-4-6/h1-2,5-6,13,16-17,19H,3-4,7-12,14-15H2,(H2,28,29,30);1-4,9,12-13,15H,5-8,10-11,24H2,(H2,25,26,27);1-4H2. The van der Waals surface area contributed by atoms with Crippen LogP contribution in [-0.4, -0.2) is 86.4 Å². The molecule has 3 aliphatic rings. The van der Waals surface area contributed by atoms with E-state index in [4.69, 9.17) is 5.73 Å². The van der Waals surface area contributed by atoms with E-state index < -0.39 is 22.6 Å². The lowest BCUT2D eigenvalue weighted by molar-refractivity contribution is -0.384. The number of likely N-dealkylation sites (tertiary alicyclic amines) is 1. The number of hydrogen-bond acceptors (Lipinski definition) is 14. The summed E-state index contributed by atoms with van der Waals surface area (Å²) in [7, 11) is 0. The fourth-order valence-electron chi connectivity index (χ4n) is 8.69. The van der Waals surface area contributed by atoms with E-state index in [0.717, 1.165) is 74.4 Å². The van der Waals surface area contributed by atoms with Gasteiger partial charge in [-0.3, -0.25) is 20.2 Å². The van der Waals surface area contributed by atoms with Gasteiger partial charge in [-0.15, -0.1) is 26.3 Å². The Balaban J connectivity index is 0.000000242. The van der Waals surface area contributed by atoms with E-state index >= 15 is 0 Å². The molecule has 3 fully saturated rings. The number of pyridine rings is 2. The van der Waals surface area contributed by atoms with Gasteiger partial charge >= 0.3 is 24.1 Å². The first-order chi connectivity index (χ1) is 34.4. The summed E-state index contributed by atoms with van der Waals surface area (Å²) in [6.07, 6.45) is 6.03. The summed E-state index contributed by atoms with van der Waals surface area (Å²) in [6.45, 7) is 3.59. The van der Waals surface area contributed by atoms with Gasteiger partial charge in [-0.05, 0) is 114 Å². The lowest BCUT2D eigenvalue weighted by Gasteiger charge is -2.34. The second-order valence-corrected chi connectivity index (χ2v) is 19.3. The molecule has 3 heterocycles. The van der Waals surface area contributed by atoms with E-state index in [1.165, 1.54) is 87.3 Å². The smallest absolute Gasteiger partial charge is 0.405 e. The molecule has 4 aromatic rings. The van der Waals surface area contributed by atoms with Crippen LogP contribution in [0.15, 0.2) is 73.1 Å². The zero-order valence-corrected chi connectivity index (χ0v) is 42.8. The number of para-hydroxylation sites is 2. The van der Waals surface area contributed by atoms with E-state index in [2.05, 4.69) is 77.5 Å². The van der Waals surface area contributed by atoms with E-state index in [9.17, 15) is 46.6 Å². The summed E-state index contributed by atoms with van der Waals surface area (Å²) in [4.78, 5) is 32.5. The van der Waals surface area contributed by atoms with E-state index in [0.29, 0.717) is 54.0 Å². The largest absolute Gasteiger partial charge is 0.573 e. The molecule has 0 atom stereocenters. The zero-order chi connectivity index (χ0) is 52.1. The molecule has 0 bridgehead atoms. The molecule has 2 aliphatic carbocycles. The molecular formula is C48H62Br2F6N10O6. The maximum absolute atomic E-state index is 12.7. The van der Waals surface area contributed by atoms with Crippen molar-refractivity contribution in [1.29, 1.82) is 0 Å². The summed E-state index contributed by atoms with van der Waals surface area (Å²) in [5.74, 6) is 0.786. The Morgan fingerprint density at radius 2 is 1.04 bits per heavy atom. The number of ether oxygens (including phenoxy) is 2. The number of hydrogen-bond donors (Lipinski definition) is 5. The Morgan fingerprint density at radius 1 is 0.639 bits per heavy atom. The van der Waals surface area contributed by atoms with Gasteiger partial charge in [0.2, 0.25) is 0 Å². The predicted octanol–water partition coefficient (Wildman–Crippen LogP) is 12.6. The predicted molar refractivity (Wildman–Crippen MR) is 273 cm³/mol. The van der Waals surface area contributed by atoms with Crippen molar-refractivity contribution in [2.75, 3.05) is 58.1 Å². The Bertz CT molecular complexity index is 2300. The van der Waals surface area contributed by atoms with E-state index in [-0.39, 0.29) is 53.1 Å². The molecule has 0 spiro atoms. The molecule has 6 N–H and O–H groups in total. The van der Waals surface area contributed by atoms with Crippen molar-refractivity contribution < 1.29 is 45.7 Å². The maximum Gasteiger partial charge on any atom is 0.573 e. The number of anilines is 4. The molecule has 16 nitrogen and oxygen atoms in total. The quantitative estimate of drug-likeness (QED) is 0.0183. The molecule has 0 radical (unpaired) electrons. The molecule has 24 heteroatoms. The van der Waals surface area contributed by atoms with Crippen LogP contribution in [-0.2, 0) is 13.1 Å². The van der Waals surface area contributed by atoms with Crippen molar-refractivity contribution in [3.8, 4) is 11.5 Å². The average Bonchev–Trinajstić information content (AvgIpc) is 3.89. The van der Waals surface area contributed by atoms with Gasteiger partial charge in [0.05, 0.1) is 9.85 Å². The maximum atomic E-state index is 12.7. The van der Waals surface area contributed by atoms with Crippen LogP contribution in [0, 0.1) is 32.1 Å². The zero-order valence-electron chi connectivity index (χ0n) is 39.7. The summed E-state index contributed by atoms with van der Waals surface area (Å²) in [6, 6.07) is 15.4. The Hall–Kier alpha value is -5.20. The van der Waals surface area contributed by atoms with E-state index in [1.54, 1.807) is 12.1 Å². The normalized spacial score (nSPS) is 19.1. The fraction of sp³-hybridized carbons (Fsp3) is 0.542. The number of nitro groups is 2. The monoisotopic (exact) mass is 1150 g/mol. The van der Waals surface area contributed by atoms with Crippen molar-refractivity contribution in [1.82, 2.24) is 14.9 Å². The van der Waals surface area contributed by atoms with Crippen LogP contribution in [0.2, 0.25) is 0 Å². The highest BCUT2D eigenvalue weighted by atomic mass is 79.9. The van der Waals surface area contributed by atoms with Gasteiger partial charge in [-0.2, -0.15) is 0 Å². The molecular weight excluding hydrogens is 1090 g/mol. The summed E-state index contributed by atoms with van der Waals surface area (Å²) in [5.41, 5.74) is 6.81. The number of nitrogens with one attached hydrogen (secondary N) is 4. The van der Waals surface area contributed by atoms with Gasteiger partial charge < -0.3 is 41.4 Å². The van der Waals surface area contributed by atoms with Crippen LogP contribution in [0.4, 0.5) is 60.7 Å². The molecule has 0 amide bonds. The second kappa shape index (κ2) is 28.9. The Labute approximate surface area is 431 Å². The number of benzene rings is 2. The van der Waals surface area contributed by atoms with Crippen molar-refractivity contribution in [2.45, 2.75) is 115 Å². The first-order valence-electron chi connectivity index (χ1n) is 23.9. The first-order valence-corrected chi connectivity index (χ1v) is 26.2. The molecule has 1 aliphatic heterocycles. The number of rotatable bonds is 20. The average molecular weight is 1150 g/mol. The third-order valence-electron chi connectivity index (χ3n) is 12.5. The minimum Gasteiger partial charge on any atom is -0.405 e. The van der Waals surface area contributed by atoms with Crippen molar-refractivity contribution in [3.05, 3.63) is 104 Å². The van der Waals surface area contributed by atoms with Crippen LogP contribution in [0.25, 0.3) is 0 Å². The molecule has 396 valence electrons. The number of alkyl halides is 8. The Kier molecular flexibility index (Phi) is 23.1. The molecule has 2 aromatic heterocycles. The van der Waals surface area contributed by atoms with Gasteiger partial charge in [0, 0.05) is 72.2 Å². The van der Waals surface area contributed by atoms with Crippen LogP contribution < -0.4 is 36.5 Å². The third-order valence-corrected chi connectivity index (χ3v) is 13.6. The lowest BCUT2D eigenvalue weighted by Crippen LogP contribution is -2.37. The van der Waals surface area contributed by atoms with Gasteiger partial charge in [-0.1, -0.05) is 68.3 Å². The third kappa shape index (κ3) is 20.0. The van der Waals surface area contributed by atoms with Crippen LogP contribution in [0.1, 0.15) is 88.2 Å². The van der Waals surface area contributed by atoms with Gasteiger partial charge in [0.25, 0.3) is 0 Å². The lowest BCUT2D eigenvalue weighted by atomic mass is 9.85. The molecule has 72 heavy (non-hydrogen) atoms. The molecule has 2 saturated carbocycles. The highest BCUT2D eigenvalue weighted by molar-refractivity contribution is 9.09. The number of nitrogens with two attached hydrogens (primary N) is 1. The van der Waals surface area contributed by atoms with Gasteiger partial charge in [-0.25, -0.2) is 9.97 Å². The SMILES string of the molecule is BrCCCCBr.NC1CCC(CNc2cc(NCc3ccccc3OC(F)(F)F)ncc2[N+](=O)[O-])CC1.O=[N+]([O-])c1cnc(NCc2ccccc2OC(F)(F)F)cc1NCC1CCC(N2CCCC2)CC1. The first kappa shape index (κ1) is 57.7. The van der Waals surface area contributed by atoms with E-state index in [1.807, 2.05) is 0 Å². The minimum absolute atomic E-state index is 0.00296. The second-order valence-electron chi connectivity index (χ2n) is 17.8. The number of unbranched alkanes of at least 4 members (excludes halogenated alkanes) is 1. The van der Waals surface area contributed by atoms with Crippen LogP contribution in [0.3, 0.4) is 0 Å². The summed E-state index contributed by atoms with van der Waals surface area (Å²) < 4.78 is 83.9. The molecule has 2 aromatic carbocycles. The summed E-state index contributed by atoms with van der Waals surface area (Å²) in [5, 5.41) is 37.3. The Morgan fingerprint density at radius 3 is 1.43 bits per heavy atom. The molecule has 1 saturated heterocycles. The number of nitrogens with zero attached hydrogens (tertiary/aromatic N) is 5. The molecule has 7 rings (SSSR count). The van der Waals surface area contributed by atoms with Gasteiger partial charge in [0.1, 0.15) is 46.9 Å². The summed E-state index contributed by atoms with van der Waals surface area (Å²) >= 11 is 6.66. The number of aromatic nitrogens is 2. The topological polar surface area (TPSA) is 208 Å². The van der Waals surface area contributed by atoms with Crippen molar-refractivity contribution >= 4 is 66.2 Å². The fourth-order valence-corrected chi connectivity index (χ4v) is 9.49. The highest BCUT2D eigenvalue weighted by Gasteiger charge is 2.33. The number of halogens is 8. The van der Waals surface area contributed by atoms with Crippen LogP contribution in [0.5, 0.6) is 11.5 Å². The van der Waals surface area contributed by atoms with Crippen molar-refractivity contribution in [2.24, 2.45) is 17.6 Å². The van der Waals surface area contributed by atoms with Crippen LogP contribution >= 0.6 is 31.9 Å².